The van der Waals surface area contributed by atoms with Gasteiger partial charge in [0.1, 0.15) is 5.82 Å². The predicted molar refractivity (Wildman–Crippen MR) is 106 cm³/mol. The van der Waals surface area contributed by atoms with Gasteiger partial charge in [-0.2, -0.15) is 0 Å². The van der Waals surface area contributed by atoms with Crippen molar-refractivity contribution in [3.8, 4) is 11.3 Å². The Labute approximate surface area is 168 Å². The maximum atomic E-state index is 13.4. The minimum Gasteiger partial charge on any atom is -0.426 e. The first-order valence-corrected chi connectivity index (χ1v) is 9.88. The van der Waals surface area contributed by atoms with E-state index in [2.05, 4.69) is 20.5 Å². The summed E-state index contributed by atoms with van der Waals surface area (Å²) in [5.41, 5.74) is 1.83. The number of nitrogens with one attached hydrogen (secondary N) is 1. The molecule has 7 heteroatoms. The van der Waals surface area contributed by atoms with Crippen LogP contribution in [0.25, 0.3) is 11.3 Å². The zero-order valence-electron chi connectivity index (χ0n) is 16.3. The van der Waals surface area contributed by atoms with Crippen molar-refractivity contribution in [2.45, 2.75) is 45.1 Å². The molecule has 1 aliphatic carbocycles. The van der Waals surface area contributed by atoms with Crippen LogP contribution >= 0.6 is 0 Å². The standard InChI is InChI=1S/C22H23FN4O2/c1-14-26-27-21(29-14)11-15-5-8-19(9-6-15)25-22(28)17-7-10-20(24-13-17)16-3-2-4-18(23)12-16/h2-4,7,10,12-13,15,19H,5-6,8-9,11H2,1H3,(H,25,28)/t15-,19+. The lowest BCUT2D eigenvalue weighted by molar-refractivity contribution is 0.0921. The monoisotopic (exact) mass is 394 g/mol. The lowest BCUT2D eigenvalue weighted by Gasteiger charge is -2.28. The van der Waals surface area contributed by atoms with E-state index >= 15 is 0 Å². The molecule has 0 saturated heterocycles. The number of halogens is 1. The predicted octanol–water partition coefficient (Wildman–Crippen LogP) is 4.11. The molecule has 1 aliphatic rings. The highest BCUT2D eigenvalue weighted by molar-refractivity contribution is 5.94. The van der Waals surface area contributed by atoms with Gasteiger partial charge in [0, 0.05) is 31.1 Å². The van der Waals surface area contributed by atoms with E-state index in [4.69, 9.17) is 4.42 Å². The zero-order valence-corrected chi connectivity index (χ0v) is 16.3. The Balaban J connectivity index is 1.29. The number of hydrogen-bond acceptors (Lipinski definition) is 5. The number of aromatic nitrogens is 3. The van der Waals surface area contributed by atoms with Crippen LogP contribution in [0.2, 0.25) is 0 Å². The summed E-state index contributed by atoms with van der Waals surface area (Å²) in [5, 5.41) is 11.0. The Morgan fingerprint density at radius 2 is 2.00 bits per heavy atom. The quantitative estimate of drug-likeness (QED) is 0.704. The molecule has 1 aromatic carbocycles. The SMILES string of the molecule is Cc1nnc(C[C@H]2CC[C@@H](NC(=O)c3ccc(-c4cccc(F)c4)nc3)CC2)o1. The Kier molecular flexibility index (Phi) is 5.64. The van der Waals surface area contributed by atoms with Gasteiger partial charge >= 0.3 is 0 Å². The number of benzene rings is 1. The molecule has 4 rings (SSSR count). The van der Waals surface area contributed by atoms with E-state index in [0.29, 0.717) is 34.5 Å². The fourth-order valence-corrected chi connectivity index (χ4v) is 3.79. The van der Waals surface area contributed by atoms with E-state index in [1.807, 2.05) is 0 Å². The molecule has 3 aromatic rings. The van der Waals surface area contributed by atoms with Crippen molar-refractivity contribution in [3.05, 3.63) is 65.8 Å². The topological polar surface area (TPSA) is 80.9 Å². The van der Waals surface area contributed by atoms with E-state index in [-0.39, 0.29) is 17.8 Å². The van der Waals surface area contributed by atoms with E-state index in [0.717, 1.165) is 32.1 Å². The Morgan fingerprint density at radius 3 is 2.66 bits per heavy atom. The van der Waals surface area contributed by atoms with Crippen molar-refractivity contribution in [2.24, 2.45) is 5.92 Å². The van der Waals surface area contributed by atoms with Crippen molar-refractivity contribution in [2.75, 3.05) is 0 Å². The second-order valence-corrected chi connectivity index (χ2v) is 7.55. The minimum absolute atomic E-state index is 0.126. The first-order chi connectivity index (χ1) is 14.1. The van der Waals surface area contributed by atoms with E-state index in [9.17, 15) is 9.18 Å². The fraction of sp³-hybridized carbons (Fsp3) is 0.364. The molecule has 0 spiro atoms. The van der Waals surface area contributed by atoms with E-state index in [1.54, 1.807) is 37.4 Å². The number of amides is 1. The summed E-state index contributed by atoms with van der Waals surface area (Å²) in [6.07, 6.45) is 6.23. The Hall–Kier alpha value is -3.09. The number of nitrogens with zero attached hydrogens (tertiary/aromatic N) is 3. The average Bonchev–Trinajstić information content (AvgIpc) is 3.14. The number of pyridine rings is 1. The highest BCUT2D eigenvalue weighted by atomic mass is 19.1. The third-order valence-electron chi connectivity index (χ3n) is 5.36. The first kappa shape index (κ1) is 19.2. The third kappa shape index (κ3) is 4.85. The molecule has 2 heterocycles. The second kappa shape index (κ2) is 8.51. The Morgan fingerprint density at radius 1 is 1.17 bits per heavy atom. The molecule has 0 aliphatic heterocycles. The zero-order chi connectivity index (χ0) is 20.2. The average molecular weight is 394 g/mol. The highest BCUT2D eigenvalue weighted by Crippen LogP contribution is 2.27. The number of aryl methyl sites for hydroxylation is 1. The van der Waals surface area contributed by atoms with Gasteiger partial charge in [0.25, 0.3) is 5.91 Å². The van der Waals surface area contributed by atoms with Crippen LogP contribution in [0.1, 0.15) is 47.8 Å². The second-order valence-electron chi connectivity index (χ2n) is 7.55. The summed E-state index contributed by atoms with van der Waals surface area (Å²) < 4.78 is 18.8. The molecule has 0 bridgehead atoms. The molecule has 0 unspecified atom stereocenters. The number of hydrogen-bond donors (Lipinski definition) is 1. The molecular weight excluding hydrogens is 371 g/mol. The van der Waals surface area contributed by atoms with Crippen LogP contribution in [0.4, 0.5) is 4.39 Å². The number of rotatable bonds is 5. The lowest BCUT2D eigenvalue weighted by Crippen LogP contribution is -2.38. The van der Waals surface area contributed by atoms with Crippen molar-refractivity contribution in [3.63, 3.8) is 0 Å². The van der Waals surface area contributed by atoms with Crippen LogP contribution in [0.5, 0.6) is 0 Å². The van der Waals surface area contributed by atoms with Gasteiger partial charge in [0.05, 0.1) is 11.3 Å². The van der Waals surface area contributed by atoms with Crippen molar-refractivity contribution >= 4 is 5.91 Å². The molecule has 150 valence electrons. The molecule has 0 atom stereocenters. The summed E-state index contributed by atoms with van der Waals surface area (Å²) in [7, 11) is 0. The fourth-order valence-electron chi connectivity index (χ4n) is 3.79. The first-order valence-electron chi connectivity index (χ1n) is 9.88. The van der Waals surface area contributed by atoms with Crippen molar-refractivity contribution < 1.29 is 13.6 Å². The molecular formula is C22H23FN4O2. The maximum absolute atomic E-state index is 13.4. The van der Waals surface area contributed by atoms with Gasteiger partial charge in [0.15, 0.2) is 0 Å². The normalized spacial score (nSPS) is 19.1. The molecule has 29 heavy (non-hydrogen) atoms. The van der Waals surface area contributed by atoms with Crippen LogP contribution in [-0.2, 0) is 6.42 Å². The van der Waals surface area contributed by atoms with Crippen LogP contribution in [0, 0.1) is 18.7 Å². The lowest BCUT2D eigenvalue weighted by atomic mass is 9.84. The molecule has 1 N–H and O–H groups in total. The molecule has 2 aromatic heterocycles. The van der Waals surface area contributed by atoms with Gasteiger partial charge in [-0.1, -0.05) is 12.1 Å². The van der Waals surface area contributed by atoms with Crippen molar-refractivity contribution in [1.29, 1.82) is 0 Å². The third-order valence-corrected chi connectivity index (χ3v) is 5.36. The van der Waals surface area contributed by atoms with Crippen LogP contribution in [0.15, 0.2) is 47.0 Å². The van der Waals surface area contributed by atoms with Gasteiger partial charge in [-0.3, -0.25) is 9.78 Å². The largest absolute Gasteiger partial charge is 0.426 e. The minimum atomic E-state index is -0.309. The van der Waals surface area contributed by atoms with Crippen molar-refractivity contribution in [1.82, 2.24) is 20.5 Å². The van der Waals surface area contributed by atoms with Gasteiger partial charge in [0.2, 0.25) is 11.8 Å². The highest BCUT2D eigenvalue weighted by Gasteiger charge is 2.24. The molecule has 6 nitrogen and oxygen atoms in total. The number of carbonyl (C=O) groups excluding carboxylic acids is 1. The number of carbonyl (C=O) groups is 1. The van der Waals surface area contributed by atoms with Crippen LogP contribution in [-0.4, -0.2) is 27.1 Å². The van der Waals surface area contributed by atoms with Gasteiger partial charge < -0.3 is 9.73 Å². The van der Waals surface area contributed by atoms with Crippen LogP contribution < -0.4 is 5.32 Å². The molecule has 1 amide bonds. The van der Waals surface area contributed by atoms with Gasteiger partial charge in [-0.15, -0.1) is 10.2 Å². The summed E-state index contributed by atoms with van der Waals surface area (Å²) in [6.45, 7) is 1.79. The maximum Gasteiger partial charge on any atom is 0.253 e. The van der Waals surface area contributed by atoms with E-state index < -0.39 is 0 Å². The smallest absolute Gasteiger partial charge is 0.253 e. The summed E-state index contributed by atoms with van der Waals surface area (Å²) >= 11 is 0. The molecule has 1 saturated carbocycles. The van der Waals surface area contributed by atoms with Gasteiger partial charge in [-0.25, -0.2) is 4.39 Å². The van der Waals surface area contributed by atoms with E-state index in [1.165, 1.54) is 12.1 Å². The molecule has 1 fully saturated rings. The summed E-state index contributed by atoms with van der Waals surface area (Å²) in [4.78, 5) is 16.9. The van der Waals surface area contributed by atoms with Gasteiger partial charge in [-0.05, 0) is 55.9 Å². The Bertz CT molecular complexity index is 978. The summed E-state index contributed by atoms with van der Waals surface area (Å²) in [5.74, 6) is 1.36. The van der Waals surface area contributed by atoms with Crippen LogP contribution in [0.3, 0.4) is 0 Å². The summed E-state index contributed by atoms with van der Waals surface area (Å²) in [6, 6.07) is 9.88. The molecule has 0 radical (unpaired) electrons.